The SMILES string of the molecule is CC1(C)c2ccc(-n3c4ccccc4c4cc(-c5cc(-c6ccc7oc8cccnc8c7c6)cc(-c6ccc7oc8cccnc8c7c6)c5)ccc43)cc2-c2ncccc21. The van der Waals surface area contributed by atoms with E-state index >= 15 is 0 Å². The first-order chi connectivity index (χ1) is 29.5. The summed E-state index contributed by atoms with van der Waals surface area (Å²) in [6, 6.07) is 54.3. The highest BCUT2D eigenvalue weighted by molar-refractivity contribution is 6.11. The van der Waals surface area contributed by atoms with Gasteiger partial charge in [-0.05, 0) is 148 Å². The third-order valence-electron chi connectivity index (χ3n) is 12.7. The van der Waals surface area contributed by atoms with Gasteiger partial charge in [-0.2, -0.15) is 0 Å². The van der Waals surface area contributed by atoms with Crippen LogP contribution in [0.3, 0.4) is 0 Å². The summed E-state index contributed by atoms with van der Waals surface area (Å²) in [7, 11) is 0. The van der Waals surface area contributed by atoms with Crippen molar-refractivity contribution in [2.75, 3.05) is 0 Å². The summed E-state index contributed by atoms with van der Waals surface area (Å²) in [6.45, 7) is 4.59. The molecule has 0 aliphatic heterocycles. The molecular formula is C54H34N4O2. The van der Waals surface area contributed by atoms with Crippen LogP contribution in [0.5, 0.6) is 0 Å². The maximum Gasteiger partial charge on any atom is 0.153 e. The van der Waals surface area contributed by atoms with Crippen molar-refractivity contribution in [1.29, 1.82) is 0 Å². The second-order valence-corrected chi connectivity index (χ2v) is 16.5. The molecule has 1 aliphatic carbocycles. The molecule has 0 atom stereocenters. The van der Waals surface area contributed by atoms with Gasteiger partial charge in [-0.25, -0.2) is 0 Å². The molecule has 0 bridgehead atoms. The Balaban J connectivity index is 1.01. The van der Waals surface area contributed by atoms with E-state index in [-0.39, 0.29) is 5.41 Å². The van der Waals surface area contributed by atoms with Crippen LogP contribution < -0.4 is 0 Å². The van der Waals surface area contributed by atoms with Crippen molar-refractivity contribution in [2.24, 2.45) is 0 Å². The smallest absolute Gasteiger partial charge is 0.153 e. The summed E-state index contributed by atoms with van der Waals surface area (Å²) in [6.07, 6.45) is 5.55. The molecular weight excluding hydrogens is 737 g/mol. The van der Waals surface area contributed by atoms with Gasteiger partial charge in [0.1, 0.15) is 22.2 Å². The zero-order valence-electron chi connectivity index (χ0n) is 32.8. The molecule has 6 aromatic heterocycles. The minimum atomic E-state index is -0.107. The minimum absolute atomic E-state index is 0.107. The van der Waals surface area contributed by atoms with Crippen LogP contribution in [0.1, 0.15) is 25.0 Å². The van der Waals surface area contributed by atoms with Crippen molar-refractivity contribution in [3.8, 4) is 50.3 Å². The zero-order valence-corrected chi connectivity index (χ0v) is 32.8. The predicted molar refractivity (Wildman–Crippen MR) is 243 cm³/mol. The Hall–Kier alpha value is -7.83. The van der Waals surface area contributed by atoms with Crippen molar-refractivity contribution in [1.82, 2.24) is 19.5 Å². The molecule has 0 radical (unpaired) electrons. The molecule has 12 aromatic rings. The van der Waals surface area contributed by atoms with E-state index < -0.39 is 0 Å². The number of furan rings is 2. The van der Waals surface area contributed by atoms with Crippen molar-refractivity contribution in [2.45, 2.75) is 19.3 Å². The van der Waals surface area contributed by atoms with Crippen molar-refractivity contribution in [3.05, 3.63) is 181 Å². The highest BCUT2D eigenvalue weighted by Gasteiger charge is 2.36. The summed E-state index contributed by atoms with van der Waals surface area (Å²) in [4.78, 5) is 14.2. The van der Waals surface area contributed by atoms with Gasteiger partial charge in [0.2, 0.25) is 0 Å². The van der Waals surface area contributed by atoms with Crippen LogP contribution in [0.25, 0.3) is 116 Å². The fourth-order valence-corrected chi connectivity index (χ4v) is 9.79. The summed E-state index contributed by atoms with van der Waals surface area (Å²) >= 11 is 0. The number of hydrogen-bond donors (Lipinski definition) is 0. The van der Waals surface area contributed by atoms with Crippen molar-refractivity contribution in [3.63, 3.8) is 0 Å². The normalized spacial score (nSPS) is 13.3. The van der Waals surface area contributed by atoms with Gasteiger partial charge in [-0.3, -0.25) is 15.0 Å². The molecule has 0 amide bonds. The largest absolute Gasteiger partial charge is 0.454 e. The molecule has 1 aliphatic rings. The zero-order chi connectivity index (χ0) is 39.7. The Morgan fingerprint density at radius 3 is 1.65 bits per heavy atom. The van der Waals surface area contributed by atoms with Gasteiger partial charge in [-0.1, -0.05) is 62.4 Å². The van der Waals surface area contributed by atoms with Gasteiger partial charge in [0.15, 0.2) is 11.2 Å². The van der Waals surface area contributed by atoms with E-state index in [1.54, 1.807) is 0 Å². The first kappa shape index (κ1) is 33.2. The lowest BCUT2D eigenvalue weighted by molar-refractivity contribution is 0.659. The van der Waals surface area contributed by atoms with Gasteiger partial charge in [0.25, 0.3) is 0 Å². The second kappa shape index (κ2) is 12.1. The van der Waals surface area contributed by atoms with Gasteiger partial charge < -0.3 is 13.4 Å². The second-order valence-electron chi connectivity index (χ2n) is 16.5. The minimum Gasteiger partial charge on any atom is -0.454 e. The standard InChI is InChI=1S/C54H34N4O2/c1-54(2)43-17-16-37(30-40(43)51-44(54)9-5-21-55-51)58-45-10-4-3-8-38(45)39-27-31(13-18-46(39)58)34-24-35(32-14-19-47-41(28-32)52-49(59-47)11-6-22-56-52)26-36(25-34)33-15-20-48-42(29-33)53-50(60-48)12-7-23-57-53/h3-30H,1-2H3. The topological polar surface area (TPSA) is 69.9 Å². The maximum atomic E-state index is 6.17. The first-order valence-corrected chi connectivity index (χ1v) is 20.3. The summed E-state index contributed by atoms with van der Waals surface area (Å²) in [5.41, 5.74) is 19.8. The van der Waals surface area contributed by atoms with Crippen molar-refractivity contribution >= 4 is 65.9 Å². The van der Waals surface area contributed by atoms with Gasteiger partial charge in [-0.15, -0.1) is 0 Å². The summed E-state index contributed by atoms with van der Waals surface area (Å²) in [5.74, 6) is 0. The number of benzene rings is 6. The molecule has 0 saturated heterocycles. The molecule has 0 saturated carbocycles. The van der Waals surface area contributed by atoms with Crippen LogP contribution in [-0.2, 0) is 5.41 Å². The molecule has 0 N–H and O–H groups in total. The van der Waals surface area contributed by atoms with E-state index in [0.29, 0.717) is 0 Å². The van der Waals surface area contributed by atoms with Crippen molar-refractivity contribution < 1.29 is 8.83 Å². The molecule has 6 heterocycles. The van der Waals surface area contributed by atoms with Crippen LogP contribution in [0.4, 0.5) is 0 Å². The molecule has 6 nitrogen and oxygen atoms in total. The molecule has 0 fully saturated rings. The first-order valence-electron chi connectivity index (χ1n) is 20.3. The Labute approximate surface area is 344 Å². The number of nitrogens with zero attached hydrogens (tertiary/aromatic N) is 4. The highest BCUT2D eigenvalue weighted by Crippen LogP contribution is 2.49. The van der Waals surface area contributed by atoms with Crippen LogP contribution >= 0.6 is 0 Å². The molecule has 0 spiro atoms. The molecule has 6 aromatic carbocycles. The lowest BCUT2D eigenvalue weighted by atomic mass is 9.83. The van der Waals surface area contributed by atoms with Crippen LogP contribution in [0.2, 0.25) is 0 Å². The van der Waals surface area contributed by atoms with E-state index in [2.05, 4.69) is 150 Å². The Bertz CT molecular complexity index is 3640. The number of pyridine rings is 3. The van der Waals surface area contributed by atoms with E-state index in [4.69, 9.17) is 13.8 Å². The average Bonchev–Trinajstić information content (AvgIpc) is 4.02. The fraction of sp³-hybridized carbons (Fsp3) is 0.0556. The lowest BCUT2D eigenvalue weighted by Gasteiger charge is -2.21. The number of fused-ring (bicyclic) bond motifs is 12. The molecule has 6 heteroatoms. The van der Waals surface area contributed by atoms with Gasteiger partial charge in [0, 0.05) is 56.8 Å². The van der Waals surface area contributed by atoms with Gasteiger partial charge in [0.05, 0.1) is 16.7 Å². The van der Waals surface area contributed by atoms with E-state index in [1.165, 1.54) is 33.0 Å². The highest BCUT2D eigenvalue weighted by atomic mass is 16.3. The van der Waals surface area contributed by atoms with Crippen LogP contribution in [0.15, 0.2) is 179 Å². The number of para-hydroxylation sites is 1. The van der Waals surface area contributed by atoms with Crippen LogP contribution in [-0.4, -0.2) is 19.5 Å². The number of rotatable bonds is 4. The molecule has 0 unspecified atom stereocenters. The van der Waals surface area contributed by atoms with E-state index in [1.807, 2.05) is 48.9 Å². The summed E-state index contributed by atoms with van der Waals surface area (Å²) in [5, 5.41) is 4.40. The molecule has 282 valence electrons. The summed E-state index contributed by atoms with van der Waals surface area (Å²) < 4.78 is 14.7. The molecule has 60 heavy (non-hydrogen) atoms. The number of aromatic nitrogens is 4. The lowest BCUT2D eigenvalue weighted by Crippen LogP contribution is -2.15. The third-order valence-corrected chi connectivity index (χ3v) is 12.7. The number of hydrogen-bond acceptors (Lipinski definition) is 5. The monoisotopic (exact) mass is 770 g/mol. The van der Waals surface area contributed by atoms with Crippen LogP contribution in [0, 0.1) is 0 Å². The average molecular weight is 771 g/mol. The quantitative estimate of drug-likeness (QED) is 0.178. The Morgan fingerprint density at radius 1 is 0.417 bits per heavy atom. The van der Waals surface area contributed by atoms with E-state index in [0.717, 1.165) is 94.4 Å². The molecule has 13 rings (SSSR count). The third kappa shape index (κ3) is 4.73. The fourth-order valence-electron chi connectivity index (χ4n) is 9.79. The van der Waals surface area contributed by atoms with E-state index in [9.17, 15) is 0 Å². The Kier molecular flexibility index (Phi) is 6.69. The maximum absolute atomic E-state index is 6.17. The Morgan fingerprint density at radius 2 is 0.983 bits per heavy atom. The predicted octanol–water partition coefficient (Wildman–Crippen LogP) is 14.1. The van der Waals surface area contributed by atoms with Gasteiger partial charge >= 0.3 is 0 Å².